The van der Waals surface area contributed by atoms with Crippen molar-refractivity contribution >= 4 is 11.6 Å². The summed E-state index contributed by atoms with van der Waals surface area (Å²) in [5.41, 5.74) is 0. The molecule has 0 fully saturated rings. The van der Waals surface area contributed by atoms with Crippen molar-refractivity contribution in [2.45, 2.75) is 52.8 Å². The van der Waals surface area contributed by atoms with Crippen LogP contribution in [-0.4, -0.2) is 5.38 Å². The maximum Gasteiger partial charge on any atom is 0.0305 e. The molecule has 0 rings (SSSR count). The average Bonchev–Trinajstić information content (AvgIpc) is 1.89. The van der Waals surface area contributed by atoms with E-state index >= 15 is 0 Å². The van der Waals surface area contributed by atoms with Crippen LogP contribution in [-0.2, 0) is 0 Å². The Morgan fingerprint density at radius 3 is 1.20 bits per heavy atom. The zero-order valence-corrected chi connectivity index (χ0v) is 8.70. The van der Waals surface area contributed by atoms with E-state index in [1.54, 1.807) is 0 Å². The second-order valence-electron chi connectivity index (χ2n) is 2.99. The van der Waals surface area contributed by atoms with Crippen molar-refractivity contribution in [2.24, 2.45) is 5.92 Å². The van der Waals surface area contributed by atoms with Gasteiger partial charge in [-0.2, -0.15) is 0 Å². The number of halogens is 1. The molecular formula is C9H21Cl. The van der Waals surface area contributed by atoms with Gasteiger partial charge in [-0.05, 0) is 19.3 Å². The van der Waals surface area contributed by atoms with Gasteiger partial charge < -0.3 is 0 Å². The minimum Gasteiger partial charge on any atom is -0.123 e. The van der Waals surface area contributed by atoms with Gasteiger partial charge in [0.1, 0.15) is 0 Å². The van der Waals surface area contributed by atoms with Gasteiger partial charge in [-0.25, -0.2) is 0 Å². The molecular weight excluding hydrogens is 144 g/mol. The molecule has 1 heteroatoms. The molecule has 0 amide bonds. The monoisotopic (exact) mass is 164 g/mol. The predicted octanol–water partition coefficient (Wildman–Crippen LogP) is 4.08. The van der Waals surface area contributed by atoms with Crippen LogP contribution < -0.4 is 0 Å². The fraction of sp³-hybridized carbons (Fsp3) is 1.00. The molecule has 1 atom stereocenters. The van der Waals surface area contributed by atoms with E-state index in [9.17, 15) is 0 Å². The average molecular weight is 165 g/mol. The summed E-state index contributed by atoms with van der Waals surface area (Å²) in [5.74, 6) is 0.884. The van der Waals surface area contributed by atoms with Crippen molar-refractivity contribution in [1.29, 1.82) is 0 Å². The quantitative estimate of drug-likeness (QED) is 0.540. The molecule has 0 aromatic rings. The van der Waals surface area contributed by atoms with Crippen LogP contribution in [0.25, 0.3) is 0 Å². The van der Waals surface area contributed by atoms with Crippen LogP contribution in [0.5, 0.6) is 0 Å². The van der Waals surface area contributed by atoms with Crippen molar-refractivity contribution in [3.63, 3.8) is 0 Å². The highest BCUT2D eigenvalue weighted by molar-refractivity contribution is 6.20. The molecule has 0 aliphatic heterocycles. The lowest BCUT2D eigenvalue weighted by atomic mass is 10.2. The van der Waals surface area contributed by atoms with Crippen molar-refractivity contribution in [1.82, 2.24) is 0 Å². The van der Waals surface area contributed by atoms with Gasteiger partial charge in [0, 0.05) is 5.38 Å². The first-order valence-corrected chi connectivity index (χ1v) is 4.62. The summed E-state index contributed by atoms with van der Waals surface area (Å²) in [6.07, 6.45) is 2.38. The minimum absolute atomic E-state index is 0.356. The molecule has 0 bridgehead atoms. The SMILES string of the molecule is CCC(C)C.CCC(C)Cl. The molecule has 0 nitrogen and oxygen atoms in total. The summed E-state index contributed by atoms with van der Waals surface area (Å²) in [7, 11) is 0. The zero-order valence-electron chi connectivity index (χ0n) is 7.95. The normalized spacial score (nSPS) is 12.3. The van der Waals surface area contributed by atoms with E-state index in [2.05, 4.69) is 27.7 Å². The lowest BCUT2D eigenvalue weighted by molar-refractivity contribution is 0.626. The van der Waals surface area contributed by atoms with E-state index in [-0.39, 0.29) is 0 Å². The van der Waals surface area contributed by atoms with Crippen LogP contribution in [0.2, 0.25) is 0 Å². The van der Waals surface area contributed by atoms with Gasteiger partial charge in [-0.3, -0.25) is 0 Å². The van der Waals surface area contributed by atoms with Gasteiger partial charge in [-0.1, -0.05) is 34.1 Å². The standard InChI is InChI=1S/C5H12.C4H9Cl/c1-4-5(2)3;1-3-4(2)5/h5H,4H2,1-3H3;4H,3H2,1-2H3. The second-order valence-corrected chi connectivity index (χ2v) is 3.74. The first-order chi connectivity index (χ1) is 4.54. The summed E-state index contributed by atoms with van der Waals surface area (Å²) in [5, 5.41) is 0.356. The summed E-state index contributed by atoms with van der Waals surface area (Å²) in [6, 6.07) is 0. The summed E-state index contributed by atoms with van der Waals surface area (Å²) < 4.78 is 0. The van der Waals surface area contributed by atoms with Crippen molar-refractivity contribution in [2.75, 3.05) is 0 Å². The molecule has 0 aromatic heterocycles. The van der Waals surface area contributed by atoms with E-state index in [4.69, 9.17) is 11.6 Å². The third kappa shape index (κ3) is 23.9. The molecule has 0 aliphatic carbocycles. The van der Waals surface area contributed by atoms with Crippen LogP contribution >= 0.6 is 11.6 Å². The van der Waals surface area contributed by atoms with Crippen LogP contribution in [0, 0.1) is 5.92 Å². The Bertz CT molecular complexity index is 40.7. The molecule has 64 valence electrons. The number of hydrogen-bond donors (Lipinski definition) is 0. The lowest BCUT2D eigenvalue weighted by Crippen LogP contribution is -1.81. The van der Waals surface area contributed by atoms with Gasteiger partial charge in [0.2, 0.25) is 0 Å². The third-order valence-electron chi connectivity index (χ3n) is 1.38. The molecule has 0 saturated heterocycles. The maximum absolute atomic E-state index is 5.46. The summed E-state index contributed by atoms with van der Waals surface area (Å²) >= 11 is 5.46. The molecule has 10 heavy (non-hydrogen) atoms. The Morgan fingerprint density at radius 1 is 1.00 bits per heavy atom. The zero-order chi connectivity index (χ0) is 8.57. The largest absolute Gasteiger partial charge is 0.123 e. The molecule has 1 unspecified atom stereocenters. The highest BCUT2D eigenvalue weighted by Gasteiger charge is 1.83. The molecule has 0 N–H and O–H groups in total. The fourth-order valence-electron chi connectivity index (χ4n) is 0. The summed E-state index contributed by atoms with van der Waals surface area (Å²) in [4.78, 5) is 0. The van der Waals surface area contributed by atoms with Gasteiger partial charge in [0.15, 0.2) is 0 Å². The van der Waals surface area contributed by atoms with Crippen molar-refractivity contribution in [3.05, 3.63) is 0 Å². The molecule has 0 heterocycles. The Labute approximate surface area is 71.0 Å². The van der Waals surface area contributed by atoms with Crippen LogP contribution in [0.4, 0.5) is 0 Å². The van der Waals surface area contributed by atoms with Crippen LogP contribution in [0.3, 0.4) is 0 Å². The van der Waals surface area contributed by atoms with Crippen molar-refractivity contribution < 1.29 is 0 Å². The van der Waals surface area contributed by atoms with Crippen LogP contribution in [0.1, 0.15) is 47.5 Å². The van der Waals surface area contributed by atoms with Gasteiger partial charge >= 0.3 is 0 Å². The van der Waals surface area contributed by atoms with Crippen LogP contribution in [0.15, 0.2) is 0 Å². The van der Waals surface area contributed by atoms with Gasteiger partial charge in [0.05, 0.1) is 0 Å². The van der Waals surface area contributed by atoms with E-state index in [1.807, 2.05) is 6.92 Å². The van der Waals surface area contributed by atoms with E-state index in [0.29, 0.717) is 5.38 Å². The summed E-state index contributed by atoms with van der Waals surface area (Å²) in [6.45, 7) is 10.7. The Balaban J connectivity index is 0. The predicted molar refractivity (Wildman–Crippen MR) is 50.7 cm³/mol. The van der Waals surface area contributed by atoms with E-state index < -0.39 is 0 Å². The lowest BCUT2D eigenvalue weighted by Gasteiger charge is -1.90. The molecule has 0 saturated carbocycles. The van der Waals surface area contributed by atoms with E-state index in [0.717, 1.165) is 12.3 Å². The molecule has 0 radical (unpaired) electrons. The van der Waals surface area contributed by atoms with Crippen molar-refractivity contribution in [3.8, 4) is 0 Å². The smallest absolute Gasteiger partial charge is 0.0305 e. The Morgan fingerprint density at radius 2 is 1.20 bits per heavy atom. The number of alkyl halides is 1. The Hall–Kier alpha value is 0.290. The first-order valence-electron chi connectivity index (χ1n) is 4.18. The highest BCUT2D eigenvalue weighted by Crippen LogP contribution is 1.95. The van der Waals surface area contributed by atoms with Gasteiger partial charge in [-0.15, -0.1) is 11.6 Å². The first kappa shape index (κ1) is 12.9. The topological polar surface area (TPSA) is 0 Å². The molecule has 0 aromatic carbocycles. The number of rotatable bonds is 2. The third-order valence-corrected chi connectivity index (χ3v) is 1.69. The second kappa shape index (κ2) is 9.29. The fourth-order valence-corrected chi connectivity index (χ4v) is 0. The molecule has 0 spiro atoms. The van der Waals surface area contributed by atoms with E-state index in [1.165, 1.54) is 6.42 Å². The number of hydrogen-bond acceptors (Lipinski definition) is 0. The minimum atomic E-state index is 0.356. The Kier molecular flexibility index (Phi) is 12.0. The highest BCUT2D eigenvalue weighted by atomic mass is 35.5. The molecule has 0 aliphatic rings. The maximum atomic E-state index is 5.46. The van der Waals surface area contributed by atoms with Gasteiger partial charge in [0.25, 0.3) is 0 Å².